The van der Waals surface area contributed by atoms with E-state index in [9.17, 15) is 0 Å². The van der Waals surface area contributed by atoms with Gasteiger partial charge in [-0.1, -0.05) is 6.08 Å². The molecule has 3 fully saturated rings. The third kappa shape index (κ3) is 1.52. The van der Waals surface area contributed by atoms with E-state index in [0.29, 0.717) is 13.2 Å². The molecule has 0 N–H and O–H groups in total. The molecule has 3 aliphatic heterocycles. The smallest absolute Gasteiger partial charge is 0.164 e. The Morgan fingerprint density at radius 1 is 1.25 bits per heavy atom. The molecule has 3 aliphatic rings. The Hall–Kier alpha value is -0.420. The van der Waals surface area contributed by atoms with Gasteiger partial charge in [-0.25, -0.2) is 0 Å². The van der Waals surface area contributed by atoms with Gasteiger partial charge in [-0.05, 0) is 26.3 Å². The van der Waals surface area contributed by atoms with Gasteiger partial charge in [-0.3, -0.25) is 0 Å². The minimum Gasteiger partial charge on any atom is -0.374 e. The van der Waals surface area contributed by atoms with Crippen LogP contribution in [0.25, 0.3) is 0 Å². The Kier molecular flexibility index (Phi) is 2.37. The number of rotatable bonds is 0. The largest absolute Gasteiger partial charge is 0.374 e. The van der Waals surface area contributed by atoms with Gasteiger partial charge in [0.2, 0.25) is 0 Å². The van der Waals surface area contributed by atoms with Crippen molar-refractivity contribution >= 4 is 0 Å². The van der Waals surface area contributed by atoms with Crippen molar-refractivity contribution in [2.24, 2.45) is 0 Å². The second kappa shape index (κ2) is 3.53. The lowest BCUT2D eigenvalue weighted by Crippen LogP contribution is -2.35. The topological polar surface area (TPSA) is 36.9 Å². The molecule has 0 saturated carbocycles. The van der Waals surface area contributed by atoms with Crippen molar-refractivity contribution in [2.75, 3.05) is 13.2 Å². The Balaban J connectivity index is 1.90. The molecule has 0 aromatic heterocycles. The maximum atomic E-state index is 5.94. The van der Waals surface area contributed by atoms with Crippen LogP contribution in [-0.4, -0.2) is 43.4 Å². The van der Waals surface area contributed by atoms with Gasteiger partial charge in [0.25, 0.3) is 0 Å². The highest BCUT2D eigenvalue weighted by Gasteiger charge is 2.56. The number of hydrogen-bond acceptors (Lipinski definition) is 4. The van der Waals surface area contributed by atoms with Crippen LogP contribution >= 0.6 is 0 Å². The fourth-order valence-electron chi connectivity index (χ4n) is 2.74. The average Bonchev–Trinajstić information content (AvgIpc) is 2.60. The summed E-state index contributed by atoms with van der Waals surface area (Å²) in [5, 5.41) is 0. The average molecular weight is 226 g/mol. The van der Waals surface area contributed by atoms with Crippen LogP contribution in [0.2, 0.25) is 0 Å². The fraction of sp³-hybridized carbons (Fsp3) is 0.833. The van der Waals surface area contributed by atoms with Crippen molar-refractivity contribution in [3.63, 3.8) is 0 Å². The molecule has 0 spiro atoms. The maximum absolute atomic E-state index is 5.94. The predicted octanol–water partition coefficient (Wildman–Crippen LogP) is 1.25. The molecule has 0 unspecified atom stereocenters. The van der Waals surface area contributed by atoms with Crippen molar-refractivity contribution in [1.29, 1.82) is 0 Å². The van der Waals surface area contributed by atoms with Crippen LogP contribution in [0.5, 0.6) is 0 Å². The van der Waals surface area contributed by atoms with Crippen molar-refractivity contribution in [2.45, 2.75) is 51.0 Å². The Labute approximate surface area is 95.5 Å². The molecule has 16 heavy (non-hydrogen) atoms. The third-order valence-corrected chi connectivity index (χ3v) is 3.44. The van der Waals surface area contributed by atoms with Crippen LogP contribution in [-0.2, 0) is 18.9 Å². The standard InChI is InChI=1S/C12H18O4/c1-4-7-5-13-6-8-10-11(9(7)14-8)16-12(2,3)15-10/h4,8-11H,5-6H2,1-3H3/b7-4-/t8-,9+,10-,11+/m1/s1. The number of fused-ring (bicyclic) bond motifs is 5. The summed E-state index contributed by atoms with van der Waals surface area (Å²) >= 11 is 0. The zero-order valence-electron chi connectivity index (χ0n) is 9.93. The lowest BCUT2D eigenvalue weighted by atomic mass is 10.0. The summed E-state index contributed by atoms with van der Waals surface area (Å²) in [6, 6.07) is 0. The fourth-order valence-corrected chi connectivity index (χ4v) is 2.74. The van der Waals surface area contributed by atoms with Gasteiger partial charge in [0.15, 0.2) is 5.79 Å². The van der Waals surface area contributed by atoms with E-state index < -0.39 is 5.79 Å². The first kappa shape index (κ1) is 10.7. The molecule has 4 nitrogen and oxygen atoms in total. The van der Waals surface area contributed by atoms with Gasteiger partial charge in [-0.2, -0.15) is 0 Å². The summed E-state index contributed by atoms with van der Waals surface area (Å²) in [5.41, 5.74) is 1.16. The number of ether oxygens (including phenoxy) is 4. The molecule has 4 heteroatoms. The van der Waals surface area contributed by atoms with Gasteiger partial charge in [0, 0.05) is 0 Å². The van der Waals surface area contributed by atoms with Crippen LogP contribution in [0.4, 0.5) is 0 Å². The van der Waals surface area contributed by atoms with Crippen molar-refractivity contribution in [3.8, 4) is 0 Å². The molecule has 3 heterocycles. The lowest BCUT2D eigenvalue weighted by molar-refractivity contribution is -0.183. The summed E-state index contributed by atoms with van der Waals surface area (Å²) < 4.78 is 23.3. The minimum atomic E-state index is -0.501. The first-order valence-electron chi connectivity index (χ1n) is 5.84. The third-order valence-electron chi connectivity index (χ3n) is 3.44. The lowest BCUT2D eigenvalue weighted by Gasteiger charge is -2.22. The van der Waals surface area contributed by atoms with Gasteiger partial charge in [0.1, 0.15) is 24.4 Å². The summed E-state index contributed by atoms with van der Waals surface area (Å²) in [6.45, 7) is 7.15. The quantitative estimate of drug-likeness (QED) is 0.582. The summed E-state index contributed by atoms with van der Waals surface area (Å²) in [6.07, 6.45) is 2.10. The Morgan fingerprint density at radius 3 is 2.75 bits per heavy atom. The van der Waals surface area contributed by atoms with E-state index >= 15 is 0 Å². The van der Waals surface area contributed by atoms with Crippen LogP contribution < -0.4 is 0 Å². The van der Waals surface area contributed by atoms with Gasteiger partial charge >= 0.3 is 0 Å². The van der Waals surface area contributed by atoms with Gasteiger partial charge in [0.05, 0.1) is 13.2 Å². The van der Waals surface area contributed by atoms with E-state index in [1.54, 1.807) is 0 Å². The van der Waals surface area contributed by atoms with E-state index in [2.05, 4.69) is 6.08 Å². The summed E-state index contributed by atoms with van der Waals surface area (Å²) in [5.74, 6) is -0.501. The molecule has 4 atom stereocenters. The zero-order valence-corrected chi connectivity index (χ0v) is 9.93. The highest BCUT2D eigenvalue weighted by atomic mass is 16.8. The molecule has 0 aromatic carbocycles. The van der Waals surface area contributed by atoms with E-state index in [-0.39, 0.29) is 24.4 Å². The highest BCUT2D eigenvalue weighted by molar-refractivity contribution is 5.18. The van der Waals surface area contributed by atoms with Crippen LogP contribution in [0.1, 0.15) is 20.8 Å². The van der Waals surface area contributed by atoms with E-state index in [1.165, 1.54) is 0 Å². The monoisotopic (exact) mass is 226 g/mol. The first-order valence-corrected chi connectivity index (χ1v) is 5.84. The van der Waals surface area contributed by atoms with Gasteiger partial charge < -0.3 is 18.9 Å². The summed E-state index contributed by atoms with van der Waals surface area (Å²) in [7, 11) is 0. The van der Waals surface area contributed by atoms with Crippen molar-refractivity contribution in [1.82, 2.24) is 0 Å². The van der Waals surface area contributed by atoms with E-state index in [0.717, 1.165) is 5.57 Å². The molecule has 0 radical (unpaired) electrons. The van der Waals surface area contributed by atoms with Crippen molar-refractivity contribution in [3.05, 3.63) is 11.6 Å². The molecule has 0 amide bonds. The molecular weight excluding hydrogens is 208 g/mol. The first-order chi connectivity index (χ1) is 7.61. The van der Waals surface area contributed by atoms with Crippen molar-refractivity contribution < 1.29 is 18.9 Å². The predicted molar refractivity (Wildman–Crippen MR) is 57.1 cm³/mol. The second-order valence-electron chi connectivity index (χ2n) is 5.04. The van der Waals surface area contributed by atoms with Gasteiger partial charge in [-0.15, -0.1) is 0 Å². The Morgan fingerprint density at radius 2 is 2.00 bits per heavy atom. The minimum absolute atomic E-state index is 0.00396. The normalized spacial score (nSPS) is 48.1. The SMILES string of the molecule is C/C=C1/COC[C@H]2O[C@@H]1[C@@H]1OC(C)(C)O[C@@H]12. The van der Waals surface area contributed by atoms with E-state index in [1.807, 2.05) is 20.8 Å². The summed E-state index contributed by atoms with van der Waals surface area (Å²) in [4.78, 5) is 0. The maximum Gasteiger partial charge on any atom is 0.164 e. The second-order valence-corrected chi connectivity index (χ2v) is 5.04. The Bertz CT molecular complexity index is 323. The molecule has 3 rings (SSSR count). The molecule has 90 valence electrons. The highest BCUT2D eigenvalue weighted by Crippen LogP contribution is 2.42. The molecule has 3 saturated heterocycles. The number of allylic oxidation sites excluding steroid dienone is 1. The number of hydrogen-bond donors (Lipinski definition) is 0. The van der Waals surface area contributed by atoms with Crippen LogP contribution in [0, 0.1) is 0 Å². The molecule has 0 aliphatic carbocycles. The van der Waals surface area contributed by atoms with Crippen LogP contribution in [0.3, 0.4) is 0 Å². The molecule has 2 bridgehead atoms. The molecular formula is C12H18O4. The van der Waals surface area contributed by atoms with Crippen LogP contribution in [0.15, 0.2) is 11.6 Å². The van der Waals surface area contributed by atoms with E-state index in [4.69, 9.17) is 18.9 Å². The zero-order chi connectivity index (χ0) is 11.3. The molecule has 0 aromatic rings.